The van der Waals surface area contributed by atoms with Gasteiger partial charge in [0.15, 0.2) is 0 Å². The summed E-state index contributed by atoms with van der Waals surface area (Å²) in [5, 5.41) is 3.56. The summed E-state index contributed by atoms with van der Waals surface area (Å²) in [6, 6.07) is 14.8. The van der Waals surface area contributed by atoms with Crippen molar-refractivity contribution in [3.8, 4) is 0 Å². The summed E-state index contributed by atoms with van der Waals surface area (Å²) < 4.78 is 0. The average molecular weight is 307 g/mol. The van der Waals surface area contributed by atoms with E-state index in [4.69, 9.17) is 4.99 Å². The van der Waals surface area contributed by atoms with Crippen LogP contribution in [-0.4, -0.2) is 23.8 Å². The monoisotopic (exact) mass is 307 g/mol. The van der Waals surface area contributed by atoms with E-state index >= 15 is 0 Å². The molecule has 0 atom stereocenters. The lowest BCUT2D eigenvalue weighted by Crippen LogP contribution is -2.33. The second kappa shape index (κ2) is 6.86. The molecule has 120 valence electrons. The molecule has 0 spiro atoms. The average Bonchev–Trinajstić information content (AvgIpc) is 2.71. The lowest BCUT2D eigenvalue weighted by molar-refractivity contribution is 0.418. The number of nitrogens with one attached hydrogen (secondary N) is 1. The first kappa shape index (κ1) is 15.6. The van der Waals surface area contributed by atoms with Gasteiger partial charge in [-0.25, -0.2) is 4.99 Å². The highest BCUT2D eigenvalue weighted by molar-refractivity contribution is 6.07. The number of rotatable bonds is 4. The van der Waals surface area contributed by atoms with Gasteiger partial charge in [-0.2, -0.15) is 0 Å². The summed E-state index contributed by atoms with van der Waals surface area (Å²) in [5.41, 5.74) is 5.67. The van der Waals surface area contributed by atoms with Crippen molar-refractivity contribution in [1.29, 1.82) is 0 Å². The van der Waals surface area contributed by atoms with Gasteiger partial charge in [0.25, 0.3) is 0 Å². The summed E-state index contributed by atoms with van der Waals surface area (Å²) in [5.74, 6) is 1.09. The van der Waals surface area contributed by atoms with Gasteiger partial charge in [-0.3, -0.25) is 0 Å². The summed E-state index contributed by atoms with van der Waals surface area (Å²) in [7, 11) is 0. The molecule has 1 N–H and O–H groups in total. The molecule has 3 nitrogen and oxygen atoms in total. The zero-order chi connectivity index (χ0) is 16.2. The normalized spacial score (nSPS) is 12.6. The highest BCUT2D eigenvalue weighted by Gasteiger charge is 2.20. The van der Waals surface area contributed by atoms with Crippen LogP contribution in [0.4, 0.5) is 17.1 Å². The fraction of sp³-hybridized carbons (Fsp3) is 0.350. The molecule has 0 amide bonds. The highest BCUT2D eigenvalue weighted by Crippen LogP contribution is 2.35. The first-order valence-electron chi connectivity index (χ1n) is 8.53. The molecule has 1 aliphatic rings. The fourth-order valence-electron chi connectivity index (χ4n) is 3.05. The summed E-state index contributed by atoms with van der Waals surface area (Å²) in [6.45, 7) is 8.65. The van der Waals surface area contributed by atoms with Gasteiger partial charge in [-0.15, -0.1) is 0 Å². The number of para-hydroxylation sites is 2. The quantitative estimate of drug-likeness (QED) is 0.835. The molecule has 0 saturated heterocycles. The maximum atomic E-state index is 5.04. The summed E-state index contributed by atoms with van der Waals surface area (Å²) in [6.07, 6.45) is 2.24. The van der Waals surface area contributed by atoms with E-state index in [-0.39, 0.29) is 0 Å². The molecule has 3 rings (SSSR count). The van der Waals surface area contributed by atoms with E-state index in [1.54, 1.807) is 0 Å². The first-order valence-corrected chi connectivity index (χ1v) is 8.53. The third-order valence-corrected chi connectivity index (χ3v) is 4.10. The second-order valence-corrected chi connectivity index (χ2v) is 6.11. The van der Waals surface area contributed by atoms with Gasteiger partial charge < -0.3 is 10.2 Å². The summed E-state index contributed by atoms with van der Waals surface area (Å²) >= 11 is 0. The van der Waals surface area contributed by atoms with Crippen molar-refractivity contribution in [3.05, 3.63) is 53.6 Å². The molecule has 0 aromatic heterocycles. The largest absolute Gasteiger partial charge is 0.356 e. The van der Waals surface area contributed by atoms with Crippen LogP contribution in [0.2, 0.25) is 0 Å². The van der Waals surface area contributed by atoms with Gasteiger partial charge in [0, 0.05) is 24.3 Å². The van der Waals surface area contributed by atoms with E-state index in [1.165, 1.54) is 11.1 Å². The Morgan fingerprint density at radius 2 is 1.70 bits per heavy atom. The van der Waals surface area contributed by atoms with Gasteiger partial charge in [0.1, 0.15) is 5.84 Å². The van der Waals surface area contributed by atoms with Crippen LogP contribution in [0.1, 0.15) is 37.8 Å². The molecule has 23 heavy (non-hydrogen) atoms. The van der Waals surface area contributed by atoms with Crippen LogP contribution in [0.5, 0.6) is 0 Å². The van der Waals surface area contributed by atoms with Crippen LogP contribution in [0.25, 0.3) is 0 Å². The topological polar surface area (TPSA) is 27.6 Å². The number of hydrogen-bond acceptors (Lipinski definition) is 3. The highest BCUT2D eigenvalue weighted by atomic mass is 15.2. The van der Waals surface area contributed by atoms with Crippen molar-refractivity contribution in [2.24, 2.45) is 4.99 Å². The molecule has 2 aromatic rings. The molecule has 3 heteroatoms. The Balaban J connectivity index is 2.17. The van der Waals surface area contributed by atoms with Crippen molar-refractivity contribution in [2.45, 2.75) is 33.6 Å². The number of hydrogen-bond donors (Lipinski definition) is 1. The van der Waals surface area contributed by atoms with E-state index in [2.05, 4.69) is 67.4 Å². The Morgan fingerprint density at radius 1 is 0.957 bits per heavy atom. The minimum atomic E-state index is 1.01. The minimum Gasteiger partial charge on any atom is -0.356 e. The predicted octanol–water partition coefficient (Wildman–Crippen LogP) is 5.25. The van der Waals surface area contributed by atoms with Crippen molar-refractivity contribution in [3.63, 3.8) is 0 Å². The third kappa shape index (κ3) is 3.24. The van der Waals surface area contributed by atoms with Crippen LogP contribution in [0, 0.1) is 6.92 Å². The molecule has 0 radical (unpaired) electrons. The summed E-state index contributed by atoms with van der Waals surface area (Å²) in [4.78, 5) is 7.46. The molecule has 1 heterocycles. The van der Waals surface area contributed by atoms with E-state index in [9.17, 15) is 0 Å². The van der Waals surface area contributed by atoms with Gasteiger partial charge >= 0.3 is 0 Å². The minimum absolute atomic E-state index is 1.01. The van der Waals surface area contributed by atoms with Gasteiger partial charge in [-0.1, -0.05) is 37.6 Å². The molecular weight excluding hydrogens is 282 g/mol. The Morgan fingerprint density at radius 3 is 2.43 bits per heavy atom. The molecule has 1 aliphatic heterocycles. The van der Waals surface area contributed by atoms with E-state index < -0.39 is 0 Å². The Kier molecular flexibility index (Phi) is 4.65. The van der Waals surface area contributed by atoms with Crippen LogP contribution < -0.4 is 5.32 Å². The third-order valence-electron chi connectivity index (χ3n) is 4.10. The molecule has 2 aromatic carbocycles. The lowest BCUT2D eigenvalue weighted by Gasteiger charge is -2.26. The number of amidine groups is 1. The predicted molar refractivity (Wildman–Crippen MR) is 99.3 cm³/mol. The van der Waals surface area contributed by atoms with Crippen molar-refractivity contribution in [2.75, 3.05) is 18.4 Å². The zero-order valence-electron chi connectivity index (χ0n) is 14.3. The van der Waals surface area contributed by atoms with E-state index in [1.807, 2.05) is 6.07 Å². The van der Waals surface area contributed by atoms with Crippen LogP contribution in [-0.2, 0) is 0 Å². The number of nitrogens with zero attached hydrogens (tertiary/aromatic N) is 2. The number of fused-ring (bicyclic) bond motifs is 2. The number of aryl methyl sites for hydroxylation is 1. The van der Waals surface area contributed by atoms with Crippen molar-refractivity contribution < 1.29 is 0 Å². The van der Waals surface area contributed by atoms with Crippen LogP contribution in [0.15, 0.2) is 47.5 Å². The first-order chi connectivity index (χ1) is 11.2. The Hall–Kier alpha value is -2.29. The number of anilines is 2. The number of benzene rings is 2. The Bertz CT molecular complexity index is 713. The van der Waals surface area contributed by atoms with Crippen molar-refractivity contribution >= 4 is 22.9 Å². The number of aliphatic imine (C=N–C) groups is 1. The second-order valence-electron chi connectivity index (χ2n) is 6.11. The molecule has 0 aliphatic carbocycles. The SMILES string of the molecule is CCCN(CCC)C1=Nc2ccccc2Nc2ccc(C)cc21. The fourth-order valence-corrected chi connectivity index (χ4v) is 3.05. The smallest absolute Gasteiger partial charge is 0.138 e. The van der Waals surface area contributed by atoms with Gasteiger partial charge in [0.05, 0.1) is 11.4 Å². The maximum Gasteiger partial charge on any atom is 0.138 e. The van der Waals surface area contributed by atoms with Crippen LogP contribution >= 0.6 is 0 Å². The Labute approximate surface area is 139 Å². The zero-order valence-corrected chi connectivity index (χ0v) is 14.3. The van der Waals surface area contributed by atoms with Gasteiger partial charge in [-0.05, 0) is 44.0 Å². The molecule has 0 bridgehead atoms. The lowest BCUT2D eigenvalue weighted by atomic mass is 10.1. The molecule has 0 saturated carbocycles. The van der Waals surface area contributed by atoms with E-state index in [0.717, 1.165) is 48.8 Å². The molecule has 0 unspecified atom stereocenters. The van der Waals surface area contributed by atoms with Crippen molar-refractivity contribution in [1.82, 2.24) is 4.90 Å². The van der Waals surface area contributed by atoms with E-state index in [0.29, 0.717) is 0 Å². The standard InChI is InChI=1S/C20H25N3/c1-4-12-23(13-5-2)20-16-14-15(3)10-11-17(16)21-18-8-6-7-9-19(18)22-20/h6-11,14,21H,4-5,12-13H2,1-3H3. The molecule has 0 fully saturated rings. The van der Waals surface area contributed by atoms with Gasteiger partial charge in [0.2, 0.25) is 0 Å². The molecular formula is C20H25N3. The van der Waals surface area contributed by atoms with Crippen LogP contribution in [0.3, 0.4) is 0 Å². The maximum absolute atomic E-state index is 5.04.